The highest BCUT2D eigenvalue weighted by molar-refractivity contribution is 5.82. The fourth-order valence-corrected chi connectivity index (χ4v) is 1.96. The van der Waals surface area contributed by atoms with Crippen LogP contribution in [0.5, 0.6) is 0 Å². The molecule has 0 saturated carbocycles. The molecule has 0 saturated heterocycles. The topological polar surface area (TPSA) is 51.5 Å². The van der Waals surface area contributed by atoms with Crippen molar-refractivity contribution in [1.82, 2.24) is 5.32 Å². The second-order valence-corrected chi connectivity index (χ2v) is 4.26. The van der Waals surface area contributed by atoms with E-state index in [1.807, 2.05) is 31.2 Å². The smallest absolute Gasteiger partial charge is 0.322 e. The minimum Gasteiger partial charge on any atom is -0.468 e. The van der Waals surface area contributed by atoms with E-state index in [1.54, 1.807) is 6.92 Å². The molecule has 0 aliphatic carbocycles. The van der Waals surface area contributed by atoms with Gasteiger partial charge in [0.05, 0.1) is 7.11 Å². The van der Waals surface area contributed by atoms with Crippen LogP contribution in [0.4, 0.5) is 0 Å². The van der Waals surface area contributed by atoms with Gasteiger partial charge in [0, 0.05) is 17.5 Å². The summed E-state index contributed by atoms with van der Waals surface area (Å²) >= 11 is 0. The van der Waals surface area contributed by atoms with Gasteiger partial charge in [-0.15, -0.1) is 0 Å². The quantitative estimate of drug-likeness (QED) is 0.843. The van der Waals surface area contributed by atoms with Crippen molar-refractivity contribution in [3.63, 3.8) is 0 Å². The predicted octanol–water partition coefficient (Wildman–Crippen LogP) is 2.39. The van der Waals surface area contributed by atoms with Crippen molar-refractivity contribution >= 4 is 16.9 Å². The first-order chi connectivity index (χ1) is 8.63. The van der Waals surface area contributed by atoms with Gasteiger partial charge in [-0.3, -0.25) is 4.79 Å². The third kappa shape index (κ3) is 2.38. The third-order valence-corrected chi connectivity index (χ3v) is 3.04. The average Bonchev–Trinajstić information content (AvgIpc) is 2.70. The first-order valence-electron chi connectivity index (χ1n) is 5.91. The van der Waals surface area contributed by atoms with Gasteiger partial charge in [0.2, 0.25) is 0 Å². The summed E-state index contributed by atoms with van der Waals surface area (Å²) < 4.78 is 10.3. The van der Waals surface area contributed by atoms with E-state index in [2.05, 4.69) is 10.1 Å². The van der Waals surface area contributed by atoms with Crippen molar-refractivity contribution in [3.05, 3.63) is 35.6 Å². The summed E-state index contributed by atoms with van der Waals surface area (Å²) in [4.78, 5) is 11.3. The number of aryl methyl sites for hydroxylation is 1. The summed E-state index contributed by atoms with van der Waals surface area (Å²) in [7, 11) is 1.39. The number of furan rings is 1. The van der Waals surface area contributed by atoms with Crippen LogP contribution in [-0.2, 0) is 16.1 Å². The molecule has 1 heterocycles. The number of fused-ring (bicyclic) bond motifs is 1. The molecule has 2 rings (SSSR count). The molecular weight excluding hydrogens is 230 g/mol. The van der Waals surface area contributed by atoms with E-state index in [1.165, 1.54) is 7.11 Å². The zero-order valence-electron chi connectivity index (χ0n) is 10.8. The highest BCUT2D eigenvalue weighted by Crippen LogP contribution is 2.24. The molecule has 0 aliphatic rings. The summed E-state index contributed by atoms with van der Waals surface area (Å²) in [5, 5.41) is 4.22. The molecule has 4 nitrogen and oxygen atoms in total. The van der Waals surface area contributed by atoms with Gasteiger partial charge in [-0.25, -0.2) is 0 Å². The number of rotatable bonds is 4. The van der Waals surface area contributed by atoms with Crippen LogP contribution in [0.15, 0.2) is 28.7 Å². The third-order valence-electron chi connectivity index (χ3n) is 3.04. The molecule has 2 aromatic rings. The van der Waals surface area contributed by atoms with Crippen LogP contribution in [0, 0.1) is 6.92 Å². The van der Waals surface area contributed by atoms with Gasteiger partial charge in [-0.1, -0.05) is 18.2 Å². The molecule has 18 heavy (non-hydrogen) atoms. The van der Waals surface area contributed by atoms with Crippen molar-refractivity contribution in [2.24, 2.45) is 0 Å². The number of nitrogens with one attached hydrogen (secondary N) is 1. The van der Waals surface area contributed by atoms with E-state index in [-0.39, 0.29) is 12.0 Å². The van der Waals surface area contributed by atoms with E-state index in [0.29, 0.717) is 6.54 Å². The maximum atomic E-state index is 11.3. The minimum atomic E-state index is -0.330. The molecule has 1 aromatic carbocycles. The summed E-state index contributed by atoms with van der Waals surface area (Å²) in [5.74, 6) is 0.612. The van der Waals surface area contributed by atoms with Gasteiger partial charge in [0.15, 0.2) is 0 Å². The summed E-state index contributed by atoms with van der Waals surface area (Å²) in [6, 6.07) is 7.55. The molecule has 96 valence electrons. The number of ether oxygens (including phenoxy) is 1. The molecule has 0 amide bonds. The molecule has 1 aromatic heterocycles. The van der Waals surface area contributed by atoms with Crippen LogP contribution in [-0.4, -0.2) is 19.1 Å². The van der Waals surface area contributed by atoms with Crippen LogP contribution >= 0.6 is 0 Å². The van der Waals surface area contributed by atoms with Gasteiger partial charge in [-0.2, -0.15) is 0 Å². The Morgan fingerprint density at radius 3 is 2.89 bits per heavy atom. The largest absolute Gasteiger partial charge is 0.468 e. The number of esters is 1. The highest BCUT2D eigenvalue weighted by atomic mass is 16.5. The van der Waals surface area contributed by atoms with E-state index in [0.717, 1.165) is 22.3 Å². The Morgan fingerprint density at radius 1 is 1.44 bits per heavy atom. The van der Waals surface area contributed by atoms with Crippen LogP contribution in [0.2, 0.25) is 0 Å². The summed E-state index contributed by atoms with van der Waals surface area (Å²) in [6.45, 7) is 4.29. The standard InChI is InChI=1S/C14H17NO3/c1-9(14(16)17-3)15-8-12-10(2)18-13-7-5-4-6-11(12)13/h4-7,9,15H,8H2,1-3H3. The fraction of sp³-hybridized carbons (Fsp3) is 0.357. The Labute approximate surface area is 106 Å². The molecule has 0 aliphatic heterocycles. The Morgan fingerprint density at radius 2 is 2.17 bits per heavy atom. The van der Waals surface area contributed by atoms with Gasteiger partial charge in [0.25, 0.3) is 0 Å². The van der Waals surface area contributed by atoms with E-state index >= 15 is 0 Å². The Balaban J connectivity index is 2.17. The Hall–Kier alpha value is -1.81. The molecule has 1 N–H and O–H groups in total. The van der Waals surface area contributed by atoms with Gasteiger partial charge in [-0.05, 0) is 19.9 Å². The van der Waals surface area contributed by atoms with Crippen molar-refractivity contribution in [3.8, 4) is 0 Å². The number of hydrogen-bond acceptors (Lipinski definition) is 4. The van der Waals surface area contributed by atoms with E-state index < -0.39 is 0 Å². The van der Waals surface area contributed by atoms with E-state index in [4.69, 9.17) is 4.42 Å². The van der Waals surface area contributed by atoms with Gasteiger partial charge < -0.3 is 14.5 Å². The SMILES string of the molecule is COC(=O)C(C)NCc1c(C)oc2ccccc12. The lowest BCUT2D eigenvalue weighted by Crippen LogP contribution is -2.34. The number of methoxy groups -OCH3 is 1. The maximum absolute atomic E-state index is 11.3. The Kier molecular flexibility index (Phi) is 3.67. The monoisotopic (exact) mass is 247 g/mol. The molecular formula is C14H17NO3. The molecule has 0 bridgehead atoms. The normalized spacial score (nSPS) is 12.6. The maximum Gasteiger partial charge on any atom is 0.322 e. The lowest BCUT2D eigenvalue weighted by Gasteiger charge is -2.10. The Bertz CT molecular complexity index is 559. The average molecular weight is 247 g/mol. The van der Waals surface area contributed by atoms with E-state index in [9.17, 15) is 4.79 Å². The number of para-hydroxylation sites is 1. The molecule has 1 unspecified atom stereocenters. The second-order valence-electron chi connectivity index (χ2n) is 4.26. The summed E-state index contributed by atoms with van der Waals surface area (Å²) in [5.41, 5.74) is 1.96. The second kappa shape index (κ2) is 5.23. The zero-order chi connectivity index (χ0) is 13.1. The zero-order valence-corrected chi connectivity index (χ0v) is 10.8. The van der Waals surface area contributed by atoms with Gasteiger partial charge >= 0.3 is 5.97 Å². The number of benzene rings is 1. The number of hydrogen-bond donors (Lipinski definition) is 1. The molecule has 0 spiro atoms. The molecule has 4 heteroatoms. The van der Waals surface area contributed by atoms with Crippen LogP contribution in [0.3, 0.4) is 0 Å². The van der Waals surface area contributed by atoms with Crippen molar-refractivity contribution < 1.29 is 13.9 Å². The highest BCUT2D eigenvalue weighted by Gasteiger charge is 2.15. The predicted molar refractivity (Wildman–Crippen MR) is 69.3 cm³/mol. The van der Waals surface area contributed by atoms with Crippen LogP contribution in [0.25, 0.3) is 11.0 Å². The van der Waals surface area contributed by atoms with Crippen LogP contribution in [0.1, 0.15) is 18.2 Å². The minimum absolute atomic E-state index is 0.263. The van der Waals surface area contributed by atoms with Gasteiger partial charge in [0.1, 0.15) is 17.4 Å². The van der Waals surface area contributed by atoms with Crippen molar-refractivity contribution in [2.45, 2.75) is 26.4 Å². The first kappa shape index (κ1) is 12.6. The number of carbonyl (C=O) groups is 1. The summed E-state index contributed by atoms with van der Waals surface area (Å²) in [6.07, 6.45) is 0. The number of carbonyl (C=O) groups excluding carboxylic acids is 1. The first-order valence-corrected chi connectivity index (χ1v) is 5.91. The lowest BCUT2D eigenvalue weighted by atomic mass is 10.1. The fourth-order valence-electron chi connectivity index (χ4n) is 1.96. The molecule has 0 fully saturated rings. The van der Waals surface area contributed by atoms with Crippen molar-refractivity contribution in [2.75, 3.05) is 7.11 Å². The van der Waals surface area contributed by atoms with Crippen LogP contribution < -0.4 is 5.32 Å². The van der Waals surface area contributed by atoms with Crippen molar-refractivity contribution in [1.29, 1.82) is 0 Å². The molecule has 1 atom stereocenters. The lowest BCUT2D eigenvalue weighted by molar-refractivity contribution is -0.142. The molecule has 0 radical (unpaired) electrons.